The van der Waals surface area contributed by atoms with Crippen LogP contribution in [0.2, 0.25) is 5.02 Å². The van der Waals surface area contributed by atoms with Crippen LogP contribution >= 0.6 is 11.6 Å². The Morgan fingerprint density at radius 2 is 2.02 bits per heavy atom. The van der Waals surface area contributed by atoms with Crippen molar-refractivity contribution in [2.45, 2.75) is 37.4 Å². The molecule has 5 heterocycles. The molecule has 0 N–H and O–H groups in total. The maximum absolute atomic E-state index is 16.5. The smallest absolute Gasteiger partial charge is 0.319 e. The molecule has 0 radical (unpaired) electrons. The number of fused-ring (bicyclic) bond motifs is 3. The zero-order valence-corrected chi connectivity index (χ0v) is 23.8. The monoisotopic (exact) mass is 590 g/mol. The Hall–Kier alpha value is -3.89. The van der Waals surface area contributed by atoms with E-state index in [9.17, 15) is 9.18 Å². The van der Waals surface area contributed by atoms with E-state index in [1.807, 2.05) is 4.90 Å². The first kappa shape index (κ1) is 27.0. The molecule has 4 aromatic rings. The molecule has 11 heteroatoms. The van der Waals surface area contributed by atoms with Gasteiger partial charge in [0.2, 0.25) is 5.91 Å². The van der Waals surface area contributed by atoms with Crippen molar-refractivity contribution >= 4 is 45.0 Å². The molecule has 0 aliphatic carbocycles. The summed E-state index contributed by atoms with van der Waals surface area (Å²) < 4.78 is 37.1. The summed E-state index contributed by atoms with van der Waals surface area (Å²) in [6, 6.07) is 8.47. The van der Waals surface area contributed by atoms with E-state index in [0.717, 1.165) is 25.8 Å². The minimum Gasteiger partial charge on any atom is -0.462 e. The number of amides is 1. The van der Waals surface area contributed by atoms with Crippen LogP contribution in [0.15, 0.2) is 49.2 Å². The predicted molar refractivity (Wildman–Crippen MR) is 158 cm³/mol. The van der Waals surface area contributed by atoms with Crippen molar-refractivity contribution in [1.29, 1.82) is 0 Å². The van der Waals surface area contributed by atoms with Gasteiger partial charge in [-0.15, -0.1) is 0 Å². The highest BCUT2D eigenvalue weighted by Gasteiger charge is 2.49. The van der Waals surface area contributed by atoms with E-state index < -0.39 is 11.6 Å². The number of nitrogens with zero attached hydrogens (tertiary/aromatic N) is 6. The number of carbonyl (C=O) groups is 1. The Morgan fingerprint density at radius 1 is 1.17 bits per heavy atom. The van der Waals surface area contributed by atoms with Gasteiger partial charge in [-0.3, -0.25) is 9.78 Å². The molecule has 3 aliphatic heterocycles. The van der Waals surface area contributed by atoms with Crippen LogP contribution in [-0.2, 0) is 4.79 Å². The van der Waals surface area contributed by atoms with Gasteiger partial charge in [-0.05, 0) is 50.4 Å². The van der Waals surface area contributed by atoms with Gasteiger partial charge in [0, 0.05) is 36.3 Å². The third-order valence-electron chi connectivity index (χ3n) is 8.93. The van der Waals surface area contributed by atoms with E-state index >= 15 is 4.39 Å². The van der Waals surface area contributed by atoms with Crippen molar-refractivity contribution in [3.05, 3.63) is 65.8 Å². The summed E-state index contributed by atoms with van der Waals surface area (Å²) in [5.41, 5.74) is 0.437. The molecule has 0 unspecified atom stereocenters. The highest BCUT2D eigenvalue weighted by Crippen LogP contribution is 2.42. The minimum atomic E-state index is -0.668. The van der Waals surface area contributed by atoms with Gasteiger partial charge in [0.05, 0.1) is 22.5 Å². The number of rotatable bonds is 6. The molecule has 2 aromatic heterocycles. The number of likely N-dealkylation sites (N-methyl/N-ethyl adjacent to an activating group) is 1. The lowest BCUT2D eigenvalue weighted by atomic mass is 9.96. The van der Waals surface area contributed by atoms with Gasteiger partial charge in [0.25, 0.3) is 0 Å². The second-order valence-electron chi connectivity index (χ2n) is 11.2. The van der Waals surface area contributed by atoms with Crippen molar-refractivity contribution in [1.82, 2.24) is 24.8 Å². The van der Waals surface area contributed by atoms with Crippen LogP contribution in [0.3, 0.4) is 0 Å². The third kappa shape index (κ3) is 4.27. The van der Waals surface area contributed by atoms with E-state index in [-0.39, 0.29) is 46.3 Å². The lowest BCUT2D eigenvalue weighted by molar-refractivity contribution is -0.127. The number of halogens is 3. The molecular weight excluding hydrogens is 562 g/mol. The molecule has 3 aliphatic rings. The second-order valence-corrected chi connectivity index (χ2v) is 11.6. The van der Waals surface area contributed by atoms with Crippen LogP contribution in [-0.4, -0.2) is 82.1 Å². The van der Waals surface area contributed by atoms with Crippen LogP contribution in [0, 0.1) is 11.6 Å². The summed E-state index contributed by atoms with van der Waals surface area (Å²) in [5, 5.41) is 1.39. The quantitative estimate of drug-likeness (QED) is 0.285. The van der Waals surface area contributed by atoms with Gasteiger partial charge in [-0.1, -0.05) is 42.4 Å². The zero-order valence-electron chi connectivity index (χ0n) is 23.1. The van der Waals surface area contributed by atoms with E-state index in [4.69, 9.17) is 21.3 Å². The minimum absolute atomic E-state index is 0.0110. The van der Waals surface area contributed by atoms with Crippen molar-refractivity contribution in [3.63, 3.8) is 0 Å². The maximum atomic E-state index is 16.5. The number of hydrogen-bond acceptors (Lipinski definition) is 7. The first-order chi connectivity index (χ1) is 20.4. The molecule has 0 saturated carbocycles. The van der Waals surface area contributed by atoms with Crippen LogP contribution < -0.4 is 9.64 Å². The van der Waals surface area contributed by atoms with E-state index in [0.29, 0.717) is 47.2 Å². The Labute approximate surface area is 246 Å². The average Bonchev–Trinajstić information content (AvgIpc) is 3.55. The van der Waals surface area contributed by atoms with Gasteiger partial charge in [0.15, 0.2) is 5.82 Å². The third-order valence-corrected chi connectivity index (χ3v) is 9.30. The molecule has 3 saturated heterocycles. The molecule has 0 bridgehead atoms. The number of benzene rings is 2. The van der Waals surface area contributed by atoms with E-state index in [1.165, 1.54) is 12.1 Å². The predicted octanol–water partition coefficient (Wildman–Crippen LogP) is 5.23. The molecule has 3 atom stereocenters. The summed E-state index contributed by atoms with van der Waals surface area (Å²) in [5.74, 6) is -0.840. The molecule has 8 nitrogen and oxygen atoms in total. The van der Waals surface area contributed by atoms with E-state index in [2.05, 4.69) is 33.4 Å². The Morgan fingerprint density at radius 3 is 2.81 bits per heavy atom. The number of ether oxygens (including phenoxy) is 1. The lowest BCUT2D eigenvalue weighted by Gasteiger charge is -2.47. The first-order valence-corrected chi connectivity index (χ1v) is 14.5. The molecule has 3 fully saturated rings. The summed E-state index contributed by atoms with van der Waals surface area (Å²) in [6.45, 7) is 6.16. The fourth-order valence-corrected chi connectivity index (χ4v) is 6.89. The molecular formula is C31H29ClF2N6O2. The number of carbonyl (C=O) groups excluding carboxylic acids is 1. The van der Waals surface area contributed by atoms with Crippen LogP contribution in [0.5, 0.6) is 6.01 Å². The van der Waals surface area contributed by atoms with Crippen molar-refractivity contribution in [2.24, 2.45) is 0 Å². The highest BCUT2D eigenvalue weighted by atomic mass is 35.5. The topological polar surface area (TPSA) is 74.7 Å². The Bertz CT molecular complexity index is 1750. The van der Waals surface area contributed by atoms with Gasteiger partial charge >= 0.3 is 6.01 Å². The Balaban J connectivity index is 1.33. The molecule has 0 spiro atoms. The summed E-state index contributed by atoms with van der Waals surface area (Å²) >= 11 is 6.37. The Kier molecular flexibility index (Phi) is 6.70. The van der Waals surface area contributed by atoms with Crippen molar-refractivity contribution < 1.29 is 18.3 Å². The van der Waals surface area contributed by atoms with Gasteiger partial charge in [0.1, 0.15) is 29.5 Å². The van der Waals surface area contributed by atoms with Crippen LogP contribution in [0.25, 0.3) is 32.9 Å². The summed E-state index contributed by atoms with van der Waals surface area (Å²) in [4.78, 5) is 32.3. The largest absolute Gasteiger partial charge is 0.462 e. The van der Waals surface area contributed by atoms with Crippen LogP contribution in [0.1, 0.15) is 19.3 Å². The van der Waals surface area contributed by atoms with Gasteiger partial charge in [-0.2, -0.15) is 9.97 Å². The number of anilines is 1. The molecule has 7 rings (SSSR count). The zero-order chi connectivity index (χ0) is 29.1. The number of hydrogen-bond donors (Lipinski definition) is 0. The van der Waals surface area contributed by atoms with E-state index in [1.54, 1.807) is 30.5 Å². The van der Waals surface area contributed by atoms with Crippen molar-refractivity contribution in [2.75, 3.05) is 38.2 Å². The van der Waals surface area contributed by atoms with Gasteiger partial charge < -0.3 is 19.4 Å². The molecule has 2 aromatic carbocycles. The molecule has 1 amide bonds. The highest BCUT2D eigenvalue weighted by molar-refractivity contribution is 6.36. The van der Waals surface area contributed by atoms with Gasteiger partial charge in [-0.25, -0.2) is 8.78 Å². The molecule has 216 valence electrons. The number of likely N-dealkylation sites (tertiary alicyclic amines) is 2. The number of pyridine rings is 1. The average molecular weight is 591 g/mol. The fraction of sp³-hybridized carbons (Fsp3) is 0.355. The maximum Gasteiger partial charge on any atom is 0.319 e. The lowest BCUT2D eigenvalue weighted by Crippen LogP contribution is -2.63. The second kappa shape index (κ2) is 10.4. The fourth-order valence-electron chi connectivity index (χ4n) is 6.61. The number of aromatic nitrogens is 3. The molecule has 42 heavy (non-hydrogen) atoms. The normalized spacial score (nSPS) is 22.0. The summed E-state index contributed by atoms with van der Waals surface area (Å²) in [6.07, 6.45) is 5.73. The standard InChI is InChI=1S/C31H29ClF2N6O2/c1-3-24(41)39-13-11-22-23(39)15-40(22)30-20-14-35-28(19-8-4-6-17-9-10-21(33)26(32)25(17)19)27(34)29(20)36-31(37-30)42-16-18-7-5-12-38(18)2/h3-4,6,8-10,14,18,22-23H,1,5,7,11-13,15-16H2,2H3/t18-,22+,23+/m0/s1. The first-order valence-electron chi connectivity index (χ1n) is 14.1. The SMILES string of the molecule is C=CC(=O)N1CC[C@@H]2[C@H]1CN2c1nc(OC[C@@H]2CCCN2C)nc2c(F)c(-c3cccc4ccc(F)c(Cl)c34)ncc12. The van der Waals surface area contributed by atoms with Crippen molar-refractivity contribution in [3.8, 4) is 17.3 Å². The summed E-state index contributed by atoms with van der Waals surface area (Å²) in [7, 11) is 2.06. The van der Waals surface area contributed by atoms with Crippen LogP contribution in [0.4, 0.5) is 14.6 Å².